The van der Waals surface area contributed by atoms with E-state index in [9.17, 15) is 14.4 Å². The SMILES string of the molecule is CC[C@H](C)NC(=O)CCNC(=O)Cn1cnc2ccccc2c1=O. The molecule has 1 atom stereocenters. The smallest absolute Gasteiger partial charge is 0.261 e. The van der Waals surface area contributed by atoms with Crippen LogP contribution in [0.3, 0.4) is 0 Å². The zero-order valence-electron chi connectivity index (χ0n) is 13.9. The molecule has 0 aliphatic heterocycles. The van der Waals surface area contributed by atoms with Gasteiger partial charge in [0, 0.05) is 19.0 Å². The van der Waals surface area contributed by atoms with Crippen molar-refractivity contribution < 1.29 is 9.59 Å². The number of nitrogens with one attached hydrogen (secondary N) is 2. The Bertz CT molecular complexity index is 785. The fourth-order valence-electron chi connectivity index (χ4n) is 2.19. The second-order valence-electron chi connectivity index (χ2n) is 5.67. The predicted molar refractivity (Wildman–Crippen MR) is 91.5 cm³/mol. The van der Waals surface area contributed by atoms with Crippen molar-refractivity contribution in [1.82, 2.24) is 20.2 Å². The Morgan fingerprint density at radius 1 is 1.25 bits per heavy atom. The fraction of sp³-hybridized carbons (Fsp3) is 0.412. The lowest BCUT2D eigenvalue weighted by atomic mass is 10.2. The molecule has 0 unspecified atom stereocenters. The lowest BCUT2D eigenvalue weighted by Gasteiger charge is -2.11. The third-order valence-corrected chi connectivity index (χ3v) is 3.74. The van der Waals surface area contributed by atoms with Crippen molar-refractivity contribution in [3.8, 4) is 0 Å². The molecule has 0 aliphatic carbocycles. The molecule has 0 fully saturated rings. The number of amides is 2. The minimum Gasteiger partial charge on any atom is -0.354 e. The van der Waals surface area contributed by atoms with Crippen LogP contribution in [0.1, 0.15) is 26.7 Å². The molecule has 0 aliphatic rings. The van der Waals surface area contributed by atoms with E-state index in [1.54, 1.807) is 24.3 Å². The Morgan fingerprint density at radius 2 is 2.00 bits per heavy atom. The maximum Gasteiger partial charge on any atom is 0.261 e. The molecule has 128 valence electrons. The van der Waals surface area contributed by atoms with Gasteiger partial charge in [-0.2, -0.15) is 0 Å². The second-order valence-corrected chi connectivity index (χ2v) is 5.67. The van der Waals surface area contributed by atoms with Crippen molar-refractivity contribution in [2.45, 2.75) is 39.3 Å². The maximum atomic E-state index is 12.3. The van der Waals surface area contributed by atoms with Crippen LogP contribution in [0.4, 0.5) is 0 Å². The van der Waals surface area contributed by atoms with Gasteiger partial charge in [0.05, 0.1) is 17.2 Å². The number of aromatic nitrogens is 2. The van der Waals surface area contributed by atoms with E-state index in [-0.39, 0.29) is 42.9 Å². The van der Waals surface area contributed by atoms with Crippen LogP contribution < -0.4 is 16.2 Å². The average molecular weight is 330 g/mol. The molecule has 2 aromatic rings. The molecule has 1 aromatic heterocycles. The van der Waals surface area contributed by atoms with Gasteiger partial charge >= 0.3 is 0 Å². The minimum atomic E-state index is -0.328. The summed E-state index contributed by atoms with van der Waals surface area (Å²) in [5.41, 5.74) is 0.339. The zero-order valence-corrected chi connectivity index (χ0v) is 13.9. The summed E-state index contributed by atoms with van der Waals surface area (Å²) in [5, 5.41) is 5.94. The quantitative estimate of drug-likeness (QED) is 0.786. The van der Waals surface area contributed by atoms with Crippen molar-refractivity contribution in [1.29, 1.82) is 0 Å². The summed E-state index contributed by atoms with van der Waals surface area (Å²) in [7, 11) is 0. The van der Waals surface area contributed by atoms with Crippen molar-refractivity contribution >= 4 is 22.7 Å². The molecule has 0 saturated carbocycles. The van der Waals surface area contributed by atoms with Gasteiger partial charge in [-0.15, -0.1) is 0 Å². The molecule has 7 nitrogen and oxygen atoms in total. The highest BCUT2D eigenvalue weighted by molar-refractivity contribution is 5.80. The minimum absolute atomic E-state index is 0.103. The molecule has 1 aromatic carbocycles. The Kier molecular flexibility index (Phi) is 6.06. The van der Waals surface area contributed by atoms with Crippen LogP contribution in [-0.2, 0) is 16.1 Å². The molecule has 0 bridgehead atoms. The number of hydrogen-bond acceptors (Lipinski definition) is 4. The van der Waals surface area contributed by atoms with Gasteiger partial charge in [-0.3, -0.25) is 19.0 Å². The number of hydrogen-bond donors (Lipinski definition) is 2. The van der Waals surface area contributed by atoms with Gasteiger partial charge in [0.15, 0.2) is 0 Å². The molecule has 0 radical (unpaired) electrons. The largest absolute Gasteiger partial charge is 0.354 e. The first-order chi connectivity index (χ1) is 11.5. The lowest BCUT2D eigenvalue weighted by molar-refractivity contribution is -0.123. The third-order valence-electron chi connectivity index (χ3n) is 3.74. The van der Waals surface area contributed by atoms with Gasteiger partial charge in [0.2, 0.25) is 11.8 Å². The van der Waals surface area contributed by atoms with E-state index in [0.29, 0.717) is 10.9 Å². The predicted octanol–water partition coefficient (Wildman–Crippen LogP) is 0.817. The van der Waals surface area contributed by atoms with Gasteiger partial charge in [-0.05, 0) is 25.5 Å². The van der Waals surface area contributed by atoms with Gasteiger partial charge in [0.25, 0.3) is 5.56 Å². The first-order valence-electron chi connectivity index (χ1n) is 8.01. The molecule has 0 spiro atoms. The average Bonchev–Trinajstić information content (AvgIpc) is 2.57. The Morgan fingerprint density at radius 3 is 2.75 bits per heavy atom. The van der Waals surface area contributed by atoms with Gasteiger partial charge < -0.3 is 10.6 Å². The molecule has 24 heavy (non-hydrogen) atoms. The summed E-state index contributed by atoms with van der Waals surface area (Å²) in [4.78, 5) is 40.0. The highest BCUT2D eigenvalue weighted by Gasteiger charge is 2.09. The lowest BCUT2D eigenvalue weighted by Crippen LogP contribution is -2.37. The van der Waals surface area contributed by atoms with Crippen molar-refractivity contribution in [3.63, 3.8) is 0 Å². The van der Waals surface area contributed by atoms with Gasteiger partial charge in [-0.1, -0.05) is 19.1 Å². The maximum absolute atomic E-state index is 12.3. The van der Waals surface area contributed by atoms with E-state index in [2.05, 4.69) is 15.6 Å². The van der Waals surface area contributed by atoms with Crippen molar-refractivity contribution in [3.05, 3.63) is 40.9 Å². The molecule has 1 heterocycles. The third kappa shape index (κ3) is 4.65. The highest BCUT2D eigenvalue weighted by atomic mass is 16.2. The normalized spacial score (nSPS) is 11.9. The van der Waals surface area contributed by atoms with Crippen LogP contribution in [0, 0.1) is 0 Å². The van der Waals surface area contributed by atoms with Crippen LogP contribution in [0.15, 0.2) is 35.4 Å². The van der Waals surface area contributed by atoms with E-state index < -0.39 is 0 Å². The summed E-state index contributed by atoms with van der Waals surface area (Å²) in [6.07, 6.45) is 2.43. The Labute approximate surface area is 140 Å². The standard InChI is InChI=1S/C17H22N4O3/c1-3-12(2)20-15(22)8-9-18-16(23)10-21-11-19-14-7-5-4-6-13(14)17(21)24/h4-7,11-12H,3,8-10H2,1-2H3,(H,18,23)(H,20,22)/t12-/m0/s1. The number of rotatable bonds is 7. The van der Waals surface area contributed by atoms with Crippen molar-refractivity contribution in [2.75, 3.05) is 6.54 Å². The number of nitrogens with zero attached hydrogens (tertiary/aromatic N) is 2. The number of fused-ring (bicyclic) bond motifs is 1. The summed E-state index contributed by atoms with van der Waals surface area (Å²) in [5.74, 6) is -0.431. The van der Waals surface area contributed by atoms with E-state index in [4.69, 9.17) is 0 Å². The molecule has 2 amide bonds. The second kappa shape index (κ2) is 8.24. The highest BCUT2D eigenvalue weighted by Crippen LogP contribution is 2.04. The van der Waals surface area contributed by atoms with Gasteiger partial charge in [-0.25, -0.2) is 4.98 Å². The first-order valence-corrected chi connectivity index (χ1v) is 8.01. The summed E-state index contributed by atoms with van der Waals surface area (Å²) >= 11 is 0. The molecule has 2 rings (SSSR count). The number of carbonyl (C=O) groups excluding carboxylic acids is 2. The summed E-state index contributed by atoms with van der Waals surface area (Å²) < 4.78 is 1.26. The van der Waals surface area contributed by atoms with E-state index in [1.165, 1.54) is 10.9 Å². The van der Waals surface area contributed by atoms with E-state index in [0.717, 1.165) is 6.42 Å². The monoisotopic (exact) mass is 330 g/mol. The zero-order chi connectivity index (χ0) is 17.5. The molecular formula is C17H22N4O3. The molecular weight excluding hydrogens is 308 g/mol. The van der Waals surface area contributed by atoms with Crippen LogP contribution in [0.2, 0.25) is 0 Å². The topological polar surface area (TPSA) is 93.1 Å². The van der Waals surface area contributed by atoms with Gasteiger partial charge in [0.1, 0.15) is 6.54 Å². The van der Waals surface area contributed by atoms with Crippen molar-refractivity contribution in [2.24, 2.45) is 0 Å². The van der Waals surface area contributed by atoms with E-state index >= 15 is 0 Å². The first kappa shape index (κ1) is 17.7. The molecule has 2 N–H and O–H groups in total. The number of carbonyl (C=O) groups is 2. The van der Waals surface area contributed by atoms with E-state index in [1.807, 2.05) is 13.8 Å². The molecule has 0 saturated heterocycles. The van der Waals surface area contributed by atoms with Crippen LogP contribution in [-0.4, -0.2) is 34.0 Å². The number of benzene rings is 1. The van der Waals surface area contributed by atoms with Crippen LogP contribution >= 0.6 is 0 Å². The fourth-order valence-corrected chi connectivity index (χ4v) is 2.19. The van der Waals surface area contributed by atoms with Crippen LogP contribution in [0.5, 0.6) is 0 Å². The Hall–Kier alpha value is -2.70. The molecule has 7 heteroatoms. The summed E-state index contributed by atoms with van der Waals surface area (Å²) in [6, 6.07) is 7.10. The Balaban J connectivity index is 1.88. The summed E-state index contributed by atoms with van der Waals surface area (Å²) in [6.45, 7) is 4.03. The number of para-hydroxylation sites is 1. The van der Waals surface area contributed by atoms with Crippen LogP contribution in [0.25, 0.3) is 10.9 Å².